The Morgan fingerprint density at radius 1 is 1.00 bits per heavy atom. The lowest BCUT2D eigenvalue weighted by Gasteiger charge is -2.32. The first-order chi connectivity index (χ1) is 12.2. The summed E-state index contributed by atoms with van der Waals surface area (Å²) in [5.41, 5.74) is -0.00377. The predicted octanol–water partition coefficient (Wildman–Crippen LogP) is 4.40. The van der Waals surface area contributed by atoms with E-state index in [2.05, 4.69) is 16.0 Å². The van der Waals surface area contributed by atoms with Crippen LogP contribution >= 0.6 is 11.6 Å². The van der Waals surface area contributed by atoms with Crippen LogP contribution in [0.5, 0.6) is 0 Å². The Labute approximate surface area is 156 Å². The van der Waals surface area contributed by atoms with Crippen molar-refractivity contribution < 1.29 is 14.0 Å². The van der Waals surface area contributed by atoms with Crippen LogP contribution in [0.1, 0.15) is 31.1 Å². The van der Waals surface area contributed by atoms with Crippen LogP contribution in [-0.4, -0.2) is 18.1 Å². The first kappa shape index (κ1) is 19.7. The number of anilines is 1. The Morgan fingerprint density at radius 2 is 1.62 bits per heavy atom. The molecule has 0 aliphatic carbocycles. The van der Waals surface area contributed by atoms with Crippen LogP contribution in [0.2, 0.25) is 5.02 Å². The monoisotopic (exact) mass is 377 g/mol. The minimum atomic E-state index is -0.683. The van der Waals surface area contributed by atoms with Gasteiger partial charge in [-0.05, 0) is 36.4 Å². The fraction of sp³-hybridized carbons (Fsp3) is 0.263. The molecule has 0 heterocycles. The van der Waals surface area contributed by atoms with Gasteiger partial charge in [-0.2, -0.15) is 0 Å². The molecule has 1 atom stereocenters. The molecule has 0 aliphatic heterocycles. The summed E-state index contributed by atoms with van der Waals surface area (Å²) < 4.78 is 13.7. The second-order valence-electron chi connectivity index (χ2n) is 6.86. The zero-order valence-electron chi connectivity index (χ0n) is 14.8. The second-order valence-corrected chi connectivity index (χ2v) is 7.29. The third-order valence-corrected chi connectivity index (χ3v) is 3.90. The number of hydrogen-bond acceptors (Lipinski definition) is 2. The molecule has 0 aromatic heterocycles. The molecule has 0 radical (unpaired) electrons. The number of nitrogens with one attached hydrogen (secondary N) is 3. The van der Waals surface area contributed by atoms with E-state index in [-0.39, 0.29) is 11.6 Å². The minimum Gasteiger partial charge on any atom is -0.331 e. The predicted molar refractivity (Wildman–Crippen MR) is 101 cm³/mol. The number of benzene rings is 2. The first-order valence-electron chi connectivity index (χ1n) is 8.05. The molecule has 138 valence electrons. The lowest BCUT2D eigenvalue weighted by molar-refractivity contribution is 0.0890. The van der Waals surface area contributed by atoms with Crippen molar-refractivity contribution in [3.63, 3.8) is 0 Å². The van der Waals surface area contributed by atoms with E-state index in [0.717, 1.165) is 0 Å². The second kappa shape index (κ2) is 8.19. The molecule has 1 unspecified atom stereocenters. The molecular weight excluding hydrogens is 357 g/mol. The van der Waals surface area contributed by atoms with Crippen molar-refractivity contribution in [2.75, 3.05) is 5.32 Å². The third-order valence-electron chi connectivity index (χ3n) is 3.65. The van der Waals surface area contributed by atoms with Crippen molar-refractivity contribution in [3.05, 3.63) is 64.9 Å². The number of rotatable bonds is 4. The topological polar surface area (TPSA) is 70.2 Å². The molecule has 0 aliphatic rings. The molecule has 26 heavy (non-hydrogen) atoms. The van der Waals surface area contributed by atoms with Gasteiger partial charge in [-0.25, -0.2) is 9.18 Å². The van der Waals surface area contributed by atoms with Crippen LogP contribution in [0.4, 0.5) is 14.9 Å². The zero-order chi connectivity index (χ0) is 19.3. The Bertz CT molecular complexity index is 788. The van der Waals surface area contributed by atoms with Gasteiger partial charge in [0.2, 0.25) is 0 Å². The number of urea groups is 1. The number of para-hydroxylation sites is 1. The molecule has 0 saturated carbocycles. The highest BCUT2D eigenvalue weighted by atomic mass is 35.5. The Hall–Kier alpha value is -2.60. The highest BCUT2D eigenvalue weighted by Gasteiger charge is 2.28. The Morgan fingerprint density at radius 3 is 2.19 bits per heavy atom. The minimum absolute atomic E-state index is 0.0571. The van der Waals surface area contributed by atoms with Crippen molar-refractivity contribution >= 4 is 29.2 Å². The molecule has 2 aromatic carbocycles. The summed E-state index contributed by atoms with van der Waals surface area (Å²) in [6, 6.07) is 11.6. The molecule has 0 bridgehead atoms. The molecule has 0 spiro atoms. The van der Waals surface area contributed by atoms with Gasteiger partial charge in [-0.1, -0.05) is 44.5 Å². The van der Waals surface area contributed by atoms with E-state index in [1.807, 2.05) is 20.8 Å². The van der Waals surface area contributed by atoms with Gasteiger partial charge in [0.15, 0.2) is 0 Å². The fourth-order valence-corrected chi connectivity index (χ4v) is 2.26. The summed E-state index contributed by atoms with van der Waals surface area (Å²) in [4.78, 5) is 24.6. The van der Waals surface area contributed by atoms with Crippen LogP contribution in [0.15, 0.2) is 48.5 Å². The standard InChI is InChI=1S/C19H21ClFN3O2/c1-19(2,3)17(23-16(25)12-8-10-13(20)11-9-12)24-18(26)22-15-7-5-4-6-14(15)21/h4-11,17H,1-3H3,(H,23,25)(H2,22,24,26). The molecule has 3 amide bonds. The average Bonchev–Trinajstić information content (AvgIpc) is 2.56. The fourth-order valence-electron chi connectivity index (χ4n) is 2.14. The van der Waals surface area contributed by atoms with Crippen LogP contribution in [0, 0.1) is 11.2 Å². The molecule has 7 heteroatoms. The van der Waals surface area contributed by atoms with Gasteiger partial charge in [0.1, 0.15) is 12.0 Å². The van der Waals surface area contributed by atoms with Crippen molar-refractivity contribution in [2.24, 2.45) is 5.41 Å². The molecule has 0 fully saturated rings. The van der Waals surface area contributed by atoms with E-state index in [1.165, 1.54) is 18.2 Å². The SMILES string of the molecule is CC(C)(C)C(NC(=O)Nc1ccccc1F)NC(=O)c1ccc(Cl)cc1. The summed E-state index contributed by atoms with van der Waals surface area (Å²) >= 11 is 5.83. The molecule has 2 rings (SSSR count). The third kappa shape index (κ3) is 5.46. The van der Waals surface area contributed by atoms with Crippen LogP contribution in [0.3, 0.4) is 0 Å². The van der Waals surface area contributed by atoms with Crippen molar-refractivity contribution in [1.29, 1.82) is 0 Å². The van der Waals surface area contributed by atoms with E-state index in [0.29, 0.717) is 10.6 Å². The van der Waals surface area contributed by atoms with Crippen molar-refractivity contribution in [1.82, 2.24) is 10.6 Å². The lowest BCUT2D eigenvalue weighted by Crippen LogP contribution is -2.56. The summed E-state index contributed by atoms with van der Waals surface area (Å²) in [6.07, 6.45) is -0.683. The van der Waals surface area contributed by atoms with Gasteiger partial charge in [0.25, 0.3) is 5.91 Å². The van der Waals surface area contributed by atoms with E-state index < -0.39 is 23.4 Å². The quantitative estimate of drug-likeness (QED) is 0.691. The summed E-state index contributed by atoms with van der Waals surface area (Å²) in [5.74, 6) is -0.895. The summed E-state index contributed by atoms with van der Waals surface area (Å²) in [6.45, 7) is 5.59. The van der Waals surface area contributed by atoms with Gasteiger partial charge >= 0.3 is 6.03 Å². The van der Waals surface area contributed by atoms with E-state index in [4.69, 9.17) is 11.6 Å². The normalized spacial score (nSPS) is 12.2. The molecular formula is C19H21ClFN3O2. The molecule has 2 aromatic rings. The number of amides is 3. The van der Waals surface area contributed by atoms with Crippen LogP contribution < -0.4 is 16.0 Å². The van der Waals surface area contributed by atoms with Gasteiger partial charge in [-0.3, -0.25) is 4.79 Å². The number of hydrogen-bond donors (Lipinski definition) is 3. The van der Waals surface area contributed by atoms with Crippen molar-refractivity contribution in [2.45, 2.75) is 26.9 Å². The largest absolute Gasteiger partial charge is 0.331 e. The van der Waals surface area contributed by atoms with Crippen molar-refractivity contribution in [3.8, 4) is 0 Å². The van der Waals surface area contributed by atoms with E-state index in [1.54, 1.807) is 30.3 Å². The van der Waals surface area contributed by atoms with Crippen LogP contribution in [-0.2, 0) is 0 Å². The maximum absolute atomic E-state index is 13.7. The smallest absolute Gasteiger partial charge is 0.320 e. The van der Waals surface area contributed by atoms with Gasteiger partial charge in [-0.15, -0.1) is 0 Å². The highest BCUT2D eigenvalue weighted by molar-refractivity contribution is 6.30. The number of halogens is 2. The Kier molecular flexibility index (Phi) is 6.21. The average molecular weight is 378 g/mol. The van der Waals surface area contributed by atoms with E-state index in [9.17, 15) is 14.0 Å². The highest BCUT2D eigenvalue weighted by Crippen LogP contribution is 2.19. The number of carbonyl (C=O) groups is 2. The lowest BCUT2D eigenvalue weighted by atomic mass is 9.92. The molecule has 0 saturated heterocycles. The van der Waals surface area contributed by atoms with E-state index >= 15 is 0 Å². The van der Waals surface area contributed by atoms with Crippen LogP contribution in [0.25, 0.3) is 0 Å². The summed E-state index contributed by atoms with van der Waals surface area (Å²) in [5, 5.41) is 8.41. The molecule has 5 nitrogen and oxygen atoms in total. The maximum atomic E-state index is 13.7. The van der Waals surface area contributed by atoms with Gasteiger partial charge < -0.3 is 16.0 Å². The van der Waals surface area contributed by atoms with Gasteiger partial charge in [0, 0.05) is 16.0 Å². The molecule has 3 N–H and O–H groups in total. The maximum Gasteiger partial charge on any atom is 0.320 e. The zero-order valence-corrected chi connectivity index (χ0v) is 15.5. The summed E-state index contributed by atoms with van der Waals surface area (Å²) in [7, 11) is 0. The number of carbonyl (C=O) groups excluding carboxylic acids is 2. The Balaban J connectivity index is 2.07. The first-order valence-corrected chi connectivity index (χ1v) is 8.43. The van der Waals surface area contributed by atoms with Gasteiger partial charge in [0.05, 0.1) is 5.69 Å².